The number of rotatable bonds is 5. The van der Waals surface area contributed by atoms with Gasteiger partial charge in [-0.05, 0) is 38.8 Å². The highest BCUT2D eigenvalue weighted by atomic mass is 15.3. The fourth-order valence-electron chi connectivity index (χ4n) is 3.62. The minimum Gasteiger partial charge on any atom is -0.365 e. The molecule has 0 unspecified atom stereocenters. The Morgan fingerprint density at radius 3 is 2.46 bits per heavy atom. The van der Waals surface area contributed by atoms with Gasteiger partial charge in [-0.2, -0.15) is 9.97 Å². The number of imidazole rings is 1. The molecule has 1 N–H and O–H groups in total. The molecule has 5 rings (SSSR count). The molecule has 0 bridgehead atoms. The van der Waals surface area contributed by atoms with Crippen molar-refractivity contribution in [2.45, 2.75) is 38.8 Å². The molecule has 8 heteroatoms. The van der Waals surface area contributed by atoms with E-state index in [4.69, 9.17) is 9.97 Å². The SMILES string of the molecule is CC(C)n1cnc2c(NC3CC3)nc(N3CCN(c4ccccn4)CC3)nc21. The van der Waals surface area contributed by atoms with Gasteiger partial charge in [0.25, 0.3) is 0 Å². The van der Waals surface area contributed by atoms with Crippen molar-refractivity contribution >= 4 is 28.7 Å². The molecular formula is C20H26N8. The molecule has 0 atom stereocenters. The summed E-state index contributed by atoms with van der Waals surface area (Å²) in [5.41, 5.74) is 1.78. The van der Waals surface area contributed by atoms with Crippen LogP contribution in [0.3, 0.4) is 0 Å². The van der Waals surface area contributed by atoms with Gasteiger partial charge >= 0.3 is 0 Å². The van der Waals surface area contributed by atoms with Gasteiger partial charge in [0, 0.05) is 44.5 Å². The Labute approximate surface area is 164 Å². The van der Waals surface area contributed by atoms with E-state index < -0.39 is 0 Å². The Hall–Kier alpha value is -2.90. The summed E-state index contributed by atoms with van der Waals surface area (Å²) < 4.78 is 2.13. The number of piperazine rings is 1. The van der Waals surface area contributed by atoms with E-state index in [0.717, 1.165) is 54.9 Å². The van der Waals surface area contributed by atoms with E-state index in [9.17, 15) is 0 Å². The normalized spacial score (nSPS) is 17.5. The molecule has 1 saturated carbocycles. The lowest BCUT2D eigenvalue weighted by molar-refractivity contribution is 0.609. The highest BCUT2D eigenvalue weighted by molar-refractivity contribution is 5.84. The van der Waals surface area contributed by atoms with Gasteiger partial charge in [0.2, 0.25) is 5.95 Å². The minimum atomic E-state index is 0.308. The van der Waals surface area contributed by atoms with Crippen LogP contribution < -0.4 is 15.1 Å². The molecule has 1 aliphatic carbocycles. The van der Waals surface area contributed by atoms with Crippen LogP contribution in [-0.2, 0) is 0 Å². The van der Waals surface area contributed by atoms with E-state index in [1.54, 1.807) is 0 Å². The Kier molecular flexibility index (Phi) is 4.26. The van der Waals surface area contributed by atoms with Crippen molar-refractivity contribution in [3.8, 4) is 0 Å². The molecule has 3 aromatic rings. The lowest BCUT2D eigenvalue weighted by Crippen LogP contribution is -2.47. The first kappa shape index (κ1) is 17.2. The number of nitrogens with zero attached hydrogens (tertiary/aromatic N) is 7. The number of anilines is 3. The zero-order chi connectivity index (χ0) is 19.1. The molecule has 4 heterocycles. The third-order valence-electron chi connectivity index (χ3n) is 5.42. The molecule has 0 radical (unpaired) electrons. The van der Waals surface area contributed by atoms with E-state index in [1.807, 2.05) is 24.7 Å². The molecule has 2 aliphatic rings. The predicted octanol–water partition coefficient (Wildman–Crippen LogP) is 2.70. The van der Waals surface area contributed by atoms with Crippen LogP contribution in [-0.4, -0.2) is 56.7 Å². The second kappa shape index (κ2) is 6.92. The second-order valence-corrected chi connectivity index (χ2v) is 7.87. The number of fused-ring (bicyclic) bond motifs is 1. The fraction of sp³-hybridized carbons (Fsp3) is 0.500. The van der Waals surface area contributed by atoms with E-state index in [-0.39, 0.29) is 0 Å². The first-order valence-corrected chi connectivity index (χ1v) is 10.1. The van der Waals surface area contributed by atoms with E-state index >= 15 is 0 Å². The number of hydrogen-bond acceptors (Lipinski definition) is 7. The molecular weight excluding hydrogens is 352 g/mol. The van der Waals surface area contributed by atoms with Gasteiger partial charge in [-0.15, -0.1) is 0 Å². The first-order valence-electron chi connectivity index (χ1n) is 10.1. The fourth-order valence-corrected chi connectivity index (χ4v) is 3.62. The molecule has 0 spiro atoms. The van der Waals surface area contributed by atoms with E-state index in [2.05, 4.69) is 49.6 Å². The van der Waals surface area contributed by atoms with Gasteiger partial charge in [-0.25, -0.2) is 9.97 Å². The third kappa shape index (κ3) is 3.23. The molecule has 28 heavy (non-hydrogen) atoms. The van der Waals surface area contributed by atoms with Crippen molar-refractivity contribution in [2.24, 2.45) is 0 Å². The van der Waals surface area contributed by atoms with Gasteiger partial charge in [-0.1, -0.05) is 6.07 Å². The standard InChI is InChI=1S/C20H26N8/c1-14(2)28-13-22-17-18(23-15-6-7-15)24-20(25-19(17)28)27-11-9-26(10-12-27)16-5-3-4-8-21-16/h3-5,8,13-15H,6-7,9-12H2,1-2H3,(H,23,24,25). The minimum absolute atomic E-state index is 0.308. The molecule has 1 saturated heterocycles. The summed E-state index contributed by atoms with van der Waals surface area (Å²) in [6.45, 7) is 7.88. The highest BCUT2D eigenvalue weighted by Crippen LogP contribution is 2.30. The number of nitrogens with one attached hydrogen (secondary N) is 1. The lowest BCUT2D eigenvalue weighted by Gasteiger charge is -2.35. The quantitative estimate of drug-likeness (QED) is 0.731. The van der Waals surface area contributed by atoms with Crippen LogP contribution >= 0.6 is 0 Å². The zero-order valence-corrected chi connectivity index (χ0v) is 16.4. The van der Waals surface area contributed by atoms with Crippen LogP contribution in [0, 0.1) is 0 Å². The second-order valence-electron chi connectivity index (χ2n) is 7.87. The topological polar surface area (TPSA) is 75.0 Å². The Morgan fingerprint density at radius 1 is 1.00 bits per heavy atom. The molecule has 8 nitrogen and oxygen atoms in total. The summed E-state index contributed by atoms with van der Waals surface area (Å²) in [7, 11) is 0. The summed E-state index contributed by atoms with van der Waals surface area (Å²) in [5, 5.41) is 3.55. The highest BCUT2D eigenvalue weighted by Gasteiger charge is 2.26. The Morgan fingerprint density at radius 2 is 1.79 bits per heavy atom. The van der Waals surface area contributed by atoms with Crippen LogP contribution in [0.5, 0.6) is 0 Å². The number of hydrogen-bond donors (Lipinski definition) is 1. The van der Waals surface area contributed by atoms with Gasteiger partial charge in [0.05, 0.1) is 6.33 Å². The number of pyridine rings is 1. The van der Waals surface area contributed by atoms with Crippen molar-refractivity contribution in [3.05, 3.63) is 30.7 Å². The van der Waals surface area contributed by atoms with Crippen LogP contribution in [0.25, 0.3) is 11.2 Å². The van der Waals surface area contributed by atoms with E-state index in [0.29, 0.717) is 12.1 Å². The van der Waals surface area contributed by atoms with Crippen LogP contribution in [0.15, 0.2) is 30.7 Å². The zero-order valence-electron chi connectivity index (χ0n) is 16.4. The van der Waals surface area contributed by atoms with E-state index in [1.165, 1.54) is 12.8 Å². The monoisotopic (exact) mass is 378 g/mol. The third-order valence-corrected chi connectivity index (χ3v) is 5.42. The molecule has 3 aromatic heterocycles. The van der Waals surface area contributed by atoms with Crippen LogP contribution in [0.4, 0.5) is 17.6 Å². The average molecular weight is 378 g/mol. The van der Waals surface area contributed by atoms with Crippen LogP contribution in [0.2, 0.25) is 0 Å². The molecule has 2 fully saturated rings. The maximum absolute atomic E-state index is 4.91. The van der Waals surface area contributed by atoms with Gasteiger partial charge in [0.1, 0.15) is 5.82 Å². The molecule has 146 valence electrons. The summed E-state index contributed by atoms with van der Waals surface area (Å²) >= 11 is 0. The van der Waals surface area contributed by atoms with Crippen LogP contribution in [0.1, 0.15) is 32.7 Å². The number of aromatic nitrogens is 5. The Bertz CT molecular complexity index is 955. The van der Waals surface area contributed by atoms with Crippen molar-refractivity contribution in [1.82, 2.24) is 24.5 Å². The van der Waals surface area contributed by atoms with Crippen molar-refractivity contribution in [3.63, 3.8) is 0 Å². The van der Waals surface area contributed by atoms with Crippen molar-refractivity contribution in [2.75, 3.05) is 41.3 Å². The van der Waals surface area contributed by atoms with Crippen molar-refractivity contribution < 1.29 is 0 Å². The molecule has 1 aliphatic heterocycles. The summed E-state index contributed by atoms with van der Waals surface area (Å²) in [4.78, 5) is 23.4. The molecule has 0 amide bonds. The summed E-state index contributed by atoms with van der Waals surface area (Å²) in [6.07, 6.45) is 6.13. The Balaban J connectivity index is 1.43. The van der Waals surface area contributed by atoms with Gasteiger partial charge < -0.3 is 19.7 Å². The van der Waals surface area contributed by atoms with Gasteiger partial charge in [0.15, 0.2) is 17.0 Å². The first-order chi connectivity index (χ1) is 13.7. The smallest absolute Gasteiger partial charge is 0.229 e. The molecule has 0 aromatic carbocycles. The lowest BCUT2D eigenvalue weighted by atomic mass is 10.3. The maximum atomic E-state index is 4.91. The average Bonchev–Trinajstić information content (AvgIpc) is 3.43. The summed E-state index contributed by atoms with van der Waals surface area (Å²) in [6, 6.07) is 6.89. The maximum Gasteiger partial charge on any atom is 0.229 e. The summed E-state index contributed by atoms with van der Waals surface area (Å²) in [5.74, 6) is 2.69. The van der Waals surface area contributed by atoms with Crippen molar-refractivity contribution in [1.29, 1.82) is 0 Å². The largest absolute Gasteiger partial charge is 0.365 e. The van der Waals surface area contributed by atoms with Gasteiger partial charge in [-0.3, -0.25) is 0 Å². The predicted molar refractivity (Wildman–Crippen MR) is 111 cm³/mol.